The van der Waals surface area contributed by atoms with Gasteiger partial charge in [-0.2, -0.15) is 10.2 Å². The highest BCUT2D eigenvalue weighted by Crippen LogP contribution is 2.25. The molecule has 3 fully saturated rings. The van der Waals surface area contributed by atoms with Gasteiger partial charge in [0, 0.05) is 62.6 Å². The van der Waals surface area contributed by atoms with Gasteiger partial charge in [-0.3, -0.25) is 9.69 Å². The Bertz CT molecular complexity index is 1340. The quantitative estimate of drug-likeness (QED) is 0.513. The highest BCUT2D eigenvalue weighted by molar-refractivity contribution is 5.78. The Morgan fingerprint density at radius 2 is 1.84 bits per heavy atom. The van der Waals surface area contributed by atoms with Gasteiger partial charge in [-0.15, -0.1) is 0 Å². The van der Waals surface area contributed by atoms with Crippen molar-refractivity contribution >= 4 is 23.2 Å². The average Bonchev–Trinajstić information content (AvgIpc) is 3.33. The molecule has 3 aromatic rings. The van der Waals surface area contributed by atoms with Gasteiger partial charge >= 0.3 is 0 Å². The fourth-order valence-corrected chi connectivity index (χ4v) is 5.19. The second kappa shape index (κ2) is 10.7. The van der Waals surface area contributed by atoms with Crippen LogP contribution < -0.4 is 10.2 Å². The molecule has 1 aromatic heterocycles. The number of nitrogens with zero attached hydrogens (tertiary/aromatic N) is 7. The van der Waals surface area contributed by atoms with E-state index in [4.69, 9.17) is 4.74 Å². The first-order chi connectivity index (χ1) is 18.7. The molecule has 0 unspecified atom stereocenters. The summed E-state index contributed by atoms with van der Waals surface area (Å²) in [5, 5.41) is 13.0. The lowest BCUT2D eigenvalue weighted by Gasteiger charge is -2.43. The third kappa shape index (κ3) is 5.16. The molecule has 1 amide bonds. The zero-order valence-electron chi connectivity index (χ0n) is 21.2. The molecule has 2 aromatic carbocycles. The third-order valence-corrected chi connectivity index (χ3v) is 7.53. The van der Waals surface area contributed by atoms with Gasteiger partial charge in [-0.05, 0) is 42.3 Å². The first-order valence-electron chi connectivity index (χ1n) is 13.1. The molecule has 0 spiro atoms. The van der Waals surface area contributed by atoms with Crippen LogP contribution in [-0.2, 0) is 16.1 Å². The summed E-state index contributed by atoms with van der Waals surface area (Å²) >= 11 is 0. The molecule has 1 N–H and O–H groups in total. The van der Waals surface area contributed by atoms with Crippen LogP contribution in [0.4, 0.5) is 17.3 Å². The van der Waals surface area contributed by atoms with Crippen molar-refractivity contribution < 1.29 is 9.53 Å². The monoisotopic (exact) mass is 510 g/mol. The molecule has 3 aliphatic rings. The predicted octanol–water partition coefficient (Wildman–Crippen LogP) is 2.80. The number of likely N-dealkylation sites (tertiary alicyclic amines) is 1. The SMILES string of the molecule is N#Cc1cc(-c2ncnc(Nc3ccc(N4CCN(C5COC5)CC4)cc3)n2)ccc1CN1CCCC1=O. The van der Waals surface area contributed by atoms with Crippen LogP contribution in [-0.4, -0.2) is 82.6 Å². The van der Waals surface area contributed by atoms with Gasteiger partial charge < -0.3 is 19.9 Å². The van der Waals surface area contributed by atoms with Crippen LogP contribution in [0.1, 0.15) is 24.0 Å². The van der Waals surface area contributed by atoms with E-state index in [1.807, 2.05) is 24.3 Å². The highest BCUT2D eigenvalue weighted by Gasteiger charge is 2.29. The number of nitriles is 1. The lowest BCUT2D eigenvalue weighted by molar-refractivity contribution is -0.128. The maximum absolute atomic E-state index is 12.0. The maximum Gasteiger partial charge on any atom is 0.230 e. The first kappa shape index (κ1) is 24.3. The molecule has 38 heavy (non-hydrogen) atoms. The fourth-order valence-electron chi connectivity index (χ4n) is 5.19. The molecule has 3 aliphatic heterocycles. The average molecular weight is 511 g/mol. The van der Waals surface area contributed by atoms with Crippen LogP contribution in [0.2, 0.25) is 0 Å². The Balaban J connectivity index is 1.11. The van der Waals surface area contributed by atoms with Crippen molar-refractivity contribution in [3.8, 4) is 17.5 Å². The minimum atomic E-state index is 0.140. The summed E-state index contributed by atoms with van der Waals surface area (Å²) in [5.41, 5.74) is 4.18. The molecule has 0 saturated carbocycles. The van der Waals surface area contributed by atoms with E-state index in [0.717, 1.165) is 69.2 Å². The summed E-state index contributed by atoms with van der Waals surface area (Å²) in [4.78, 5) is 31.9. The Kier molecular flexibility index (Phi) is 6.86. The molecule has 194 valence electrons. The number of ether oxygens (including phenoxy) is 1. The number of piperazine rings is 1. The molecule has 4 heterocycles. The van der Waals surface area contributed by atoms with Crippen molar-refractivity contribution in [3.63, 3.8) is 0 Å². The number of hydrogen-bond acceptors (Lipinski definition) is 9. The van der Waals surface area contributed by atoms with Crippen molar-refractivity contribution in [3.05, 3.63) is 59.9 Å². The second-order valence-corrected chi connectivity index (χ2v) is 9.92. The molecule has 10 heteroatoms. The minimum absolute atomic E-state index is 0.140. The van der Waals surface area contributed by atoms with E-state index in [0.29, 0.717) is 36.3 Å². The number of amides is 1. The Morgan fingerprint density at radius 1 is 1.03 bits per heavy atom. The van der Waals surface area contributed by atoms with E-state index in [2.05, 4.69) is 48.3 Å². The topological polar surface area (TPSA) is 111 Å². The smallest absolute Gasteiger partial charge is 0.230 e. The van der Waals surface area contributed by atoms with Gasteiger partial charge in [-0.25, -0.2) is 9.97 Å². The Morgan fingerprint density at radius 3 is 2.53 bits per heavy atom. The van der Waals surface area contributed by atoms with E-state index in [-0.39, 0.29) is 5.91 Å². The molecular formula is C28H30N8O2. The number of nitrogens with one attached hydrogen (secondary N) is 1. The van der Waals surface area contributed by atoms with E-state index in [1.165, 1.54) is 12.0 Å². The largest absolute Gasteiger partial charge is 0.378 e. The van der Waals surface area contributed by atoms with Crippen molar-refractivity contribution in [2.45, 2.75) is 25.4 Å². The number of benzene rings is 2. The predicted molar refractivity (Wildman–Crippen MR) is 143 cm³/mol. The van der Waals surface area contributed by atoms with Crippen molar-refractivity contribution in [1.82, 2.24) is 24.8 Å². The van der Waals surface area contributed by atoms with Crippen LogP contribution in [0.3, 0.4) is 0 Å². The van der Waals surface area contributed by atoms with Crippen LogP contribution >= 0.6 is 0 Å². The van der Waals surface area contributed by atoms with Crippen molar-refractivity contribution in [2.75, 3.05) is 56.2 Å². The van der Waals surface area contributed by atoms with E-state index >= 15 is 0 Å². The summed E-state index contributed by atoms with van der Waals surface area (Å²) < 4.78 is 5.33. The number of rotatable bonds is 7. The van der Waals surface area contributed by atoms with Crippen LogP contribution in [0.15, 0.2) is 48.8 Å². The van der Waals surface area contributed by atoms with Crippen molar-refractivity contribution in [2.24, 2.45) is 0 Å². The van der Waals surface area contributed by atoms with Crippen LogP contribution in [0.5, 0.6) is 0 Å². The van der Waals surface area contributed by atoms with Gasteiger partial charge in [0.15, 0.2) is 5.82 Å². The number of hydrogen-bond donors (Lipinski definition) is 1. The zero-order valence-corrected chi connectivity index (χ0v) is 21.2. The maximum atomic E-state index is 12.0. The fraction of sp³-hybridized carbons (Fsp3) is 0.393. The zero-order chi connectivity index (χ0) is 25.9. The Hall–Kier alpha value is -4.07. The number of anilines is 3. The number of carbonyl (C=O) groups excluding carboxylic acids is 1. The van der Waals surface area contributed by atoms with Gasteiger partial charge in [0.1, 0.15) is 6.33 Å². The molecule has 10 nitrogen and oxygen atoms in total. The summed E-state index contributed by atoms with van der Waals surface area (Å²) in [6.45, 7) is 7.07. The minimum Gasteiger partial charge on any atom is -0.378 e. The summed E-state index contributed by atoms with van der Waals surface area (Å²) in [7, 11) is 0. The summed E-state index contributed by atoms with van der Waals surface area (Å²) in [6.07, 6.45) is 2.92. The number of carbonyl (C=O) groups is 1. The lowest BCUT2D eigenvalue weighted by Crippen LogP contribution is -2.56. The molecular weight excluding hydrogens is 480 g/mol. The van der Waals surface area contributed by atoms with Gasteiger partial charge in [-0.1, -0.05) is 12.1 Å². The van der Waals surface area contributed by atoms with Crippen molar-refractivity contribution in [1.29, 1.82) is 5.26 Å². The highest BCUT2D eigenvalue weighted by atomic mass is 16.5. The van der Waals surface area contributed by atoms with Crippen LogP contribution in [0, 0.1) is 11.3 Å². The van der Waals surface area contributed by atoms with E-state index < -0.39 is 0 Å². The molecule has 0 atom stereocenters. The molecule has 0 bridgehead atoms. The lowest BCUT2D eigenvalue weighted by atomic mass is 10.0. The molecule has 6 rings (SSSR count). The van der Waals surface area contributed by atoms with Crippen LogP contribution in [0.25, 0.3) is 11.4 Å². The van der Waals surface area contributed by atoms with E-state index in [1.54, 1.807) is 11.0 Å². The van der Waals surface area contributed by atoms with Gasteiger partial charge in [0.2, 0.25) is 11.9 Å². The van der Waals surface area contributed by atoms with Gasteiger partial charge in [0.25, 0.3) is 0 Å². The second-order valence-electron chi connectivity index (χ2n) is 9.92. The summed E-state index contributed by atoms with van der Waals surface area (Å²) in [5.74, 6) is 1.06. The van der Waals surface area contributed by atoms with E-state index in [9.17, 15) is 10.1 Å². The molecule has 0 radical (unpaired) electrons. The standard InChI is InChI=1S/C28H30N8O2/c29-15-22-14-20(3-4-21(22)16-36-9-1-2-26(36)37)27-30-19-31-28(33-27)32-23-5-7-24(8-6-23)34-10-12-35(13-11-34)25-17-38-18-25/h3-8,14,19,25H,1-2,9-13,16-18H2,(H,30,31,32,33). The normalized spacial score (nSPS) is 18.3. The summed E-state index contributed by atoms with van der Waals surface area (Å²) in [6, 6.07) is 16.7. The third-order valence-electron chi connectivity index (χ3n) is 7.53. The number of aromatic nitrogens is 3. The van der Waals surface area contributed by atoms with Gasteiger partial charge in [0.05, 0.1) is 30.9 Å². The molecule has 0 aliphatic carbocycles. The molecule has 3 saturated heterocycles. The first-order valence-corrected chi connectivity index (χ1v) is 13.1. The Labute approximate surface area is 221 Å².